The van der Waals surface area contributed by atoms with E-state index in [0.29, 0.717) is 18.5 Å². The topological polar surface area (TPSA) is 62.0 Å². The van der Waals surface area contributed by atoms with Crippen LogP contribution in [0.5, 0.6) is 0 Å². The summed E-state index contributed by atoms with van der Waals surface area (Å²) in [5.41, 5.74) is 4.72. The Morgan fingerprint density at radius 3 is 2.48 bits per heavy atom. The van der Waals surface area contributed by atoms with Crippen molar-refractivity contribution in [3.63, 3.8) is 0 Å². The van der Waals surface area contributed by atoms with E-state index in [1.54, 1.807) is 0 Å². The Labute approximate surface area is 159 Å². The van der Waals surface area contributed by atoms with Crippen molar-refractivity contribution in [3.05, 3.63) is 81.1 Å². The minimum atomic E-state index is -0.161. The first-order valence-electron chi connectivity index (χ1n) is 9.46. The smallest absolute Gasteiger partial charge is 0.251 e. The Hall–Kier alpha value is -2.88. The molecule has 1 atom stereocenters. The molecule has 4 nitrogen and oxygen atoms in total. The third kappa shape index (κ3) is 4.11. The van der Waals surface area contributed by atoms with Gasteiger partial charge in [0.1, 0.15) is 0 Å². The molecule has 0 bridgehead atoms. The zero-order chi connectivity index (χ0) is 19.4. The van der Waals surface area contributed by atoms with Crippen molar-refractivity contribution in [1.29, 1.82) is 0 Å². The van der Waals surface area contributed by atoms with Crippen LogP contribution in [0, 0.1) is 13.8 Å². The average Bonchev–Trinajstić information content (AvgIpc) is 2.67. The molecule has 140 valence electrons. The molecule has 1 amide bonds. The summed E-state index contributed by atoms with van der Waals surface area (Å²) in [6.45, 7) is 6.49. The van der Waals surface area contributed by atoms with Crippen molar-refractivity contribution in [1.82, 2.24) is 10.3 Å². The lowest BCUT2D eigenvalue weighted by Gasteiger charge is -2.15. The van der Waals surface area contributed by atoms with E-state index >= 15 is 0 Å². The monoisotopic (exact) mass is 362 g/mol. The number of rotatable bonds is 6. The number of H-pyrrole nitrogens is 1. The number of pyridine rings is 1. The quantitative estimate of drug-likeness (QED) is 0.696. The number of benzene rings is 2. The maximum Gasteiger partial charge on any atom is 0.251 e. The van der Waals surface area contributed by atoms with Crippen LogP contribution in [0.15, 0.2) is 53.3 Å². The number of aryl methyl sites for hydroxylation is 2. The number of hydrogen-bond acceptors (Lipinski definition) is 2. The summed E-state index contributed by atoms with van der Waals surface area (Å²) in [7, 11) is 0. The second-order valence-electron chi connectivity index (χ2n) is 7.02. The molecule has 0 saturated heterocycles. The van der Waals surface area contributed by atoms with E-state index in [-0.39, 0.29) is 17.4 Å². The highest BCUT2D eigenvalue weighted by atomic mass is 16.2. The summed E-state index contributed by atoms with van der Waals surface area (Å²) in [6, 6.07) is 15.8. The predicted molar refractivity (Wildman–Crippen MR) is 110 cm³/mol. The first-order chi connectivity index (χ1) is 13.0. The van der Waals surface area contributed by atoms with Gasteiger partial charge >= 0.3 is 0 Å². The van der Waals surface area contributed by atoms with E-state index in [4.69, 9.17) is 0 Å². The van der Waals surface area contributed by atoms with Crippen LogP contribution in [0.3, 0.4) is 0 Å². The van der Waals surface area contributed by atoms with Crippen LogP contribution >= 0.6 is 0 Å². The molecule has 3 rings (SSSR count). The molecule has 0 unspecified atom stereocenters. The number of hydrogen-bond donors (Lipinski definition) is 2. The molecule has 1 aromatic heterocycles. The van der Waals surface area contributed by atoms with Crippen molar-refractivity contribution in [3.8, 4) is 0 Å². The zero-order valence-electron chi connectivity index (χ0n) is 16.1. The average molecular weight is 362 g/mol. The maximum atomic E-state index is 12.6. The number of aromatic amines is 1. The van der Waals surface area contributed by atoms with Gasteiger partial charge in [0, 0.05) is 17.5 Å². The van der Waals surface area contributed by atoms with Gasteiger partial charge in [-0.2, -0.15) is 0 Å². The van der Waals surface area contributed by atoms with Gasteiger partial charge in [-0.05, 0) is 49.4 Å². The Balaban J connectivity index is 1.72. The molecule has 0 radical (unpaired) electrons. The Morgan fingerprint density at radius 1 is 1.07 bits per heavy atom. The summed E-state index contributed by atoms with van der Waals surface area (Å²) in [5.74, 6) is -0.154. The third-order valence-corrected chi connectivity index (χ3v) is 5.14. The fourth-order valence-corrected chi connectivity index (χ4v) is 3.51. The SMILES string of the molecule is CC[C@H](C(=O)NCCc1cc2c(C)ccc(C)c2[nH]c1=O)c1ccccc1. The molecule has 1 heterocycles. The molecule has 27 heavy (non-hydrogen) atoms. The van der Waals surface area contributed by atoms with Crippen LogP contribution in [0.1, 0.15) is 41.5 Å². The van der Waals surface area contributed by atoms with Crippen molar-refractivity contribution in [2.24, 2.45) is 0 Å². The number of carbonyl (C=O) groups excluding carboxylic acids is 1. The largest absolute Gasteiger partial charge is 0.355 e. The molecule has 0 aliphatic heterocycles. The van der Waals surface area contributed by atoms with E-state index < -0.39 is 0 Å². The van der Waals surface area contributed by atoms with E-state index in [2.05, 4.69) is 16.4 Å². The van der Waals surface area contributed by atoms with E-state index in [0.717, 1.165) is 34.0 Å². The molecule has 2 N–H and O–H groups in total. The van der Waals surface area contributed by atoms with Gasteiger partial charge in [0.25, 0.3) is 5.56 Å². The molecule has 3 aromatic rings. The summed E-state index contributed by atoms with van der Waals surface area (Å²) >= 11 is 0. The molecule has 0 aliphatic rings. The van der Waals surface area contributed by atoms with Crippen LogP contribution in [0.4, 0.5) is 0 Å². The first kappa shape index (κ1) is 18.9. The maximum absolute atomic E-state index is 12.6. The predicted octanol–water partition coefficient (Wildman–Crippen LogP) is 4.00. The lowest BCUT2D eigenvalue weighted by atomic mass is 9.95. The van der Waals surface area contributed by atoms with Crippen molar-refractivity contribution in [2.45, 2.75) is 39.5 Å². The molecular formula is C23H26N2O2. The van der Waals surface area contributed by atoms with Crippen molar-refractivity contribution >= 4 is 16.8 Å². The van der Waals surface area contributed by atoms with Crippen LogP contribution in [-0.4, -0.2) is 17.4 Å². The number of amides is 1. The molecule has 0 fully saturated rings. The highest BCUT2D eigenvalue weighted by Gasteiger charge is 2.18. The Bertz CT molecular complexity index is 1010. The van der Waals surface area contributed by atoms with Crippen LogP contribution in [-0.2, 0) is 11.2 Å². The highest BCUT2D eigenvalue weighted by Crippen LogP contribution is 2.20. The molecule has 0 spiro atoms. The Kier molecular flexibility index (Phi) is 5.75. The van der Waals surface area contributed by atoms with E-state index in [1.807, 2.05) is 63.2 Å². The van der Waals surface area contributed by atoms with Gasteiger partial charge in [-0.15, -0.1) is 0 Å². The fourth-order valence-electron chi connectivity index (χ4n) is 3.51. The minimum absolute atomic E-state index is 0.00735. The van der Waals surface area contributed by atoms with Crippen molar-refractivity contribution < 1.29 is 4.79 Å². The summed E-state index contributed by atoms with van der Waals surface area (Å²) in [6.07, 6.45) is 1.25. The number of carbonyl (C=O) groups is 1. The lowest BCUT2D eigenvalue weighted by Crippen LogP contribution is -2.31. The Morgan fingerprint density at radius 2 is 1.78 bits per heavy atom. The van der Waals surface area contributed by atoms with Crippen LogP contribution < -0.4 is 10.9 Å². The minimum Gasteiger partial charge on any atom is -0.355 e. The van der Waals surface area contributed by atoms with Gasteiger partial charge in [0.05, 0.1) is 11.4 Å². The third-order valence-electron chi connectivity index (χ3n) is 5.14. The molecule has 4 heteroatoms. The summed E-state index contributed by atoms with van der Waals surface area (Å²) in [5, 5.41) is 4.05. The van der Waals surface area contributed by atoms with Gasteiger partial charge in [0.15, 0.2) is 0 Å². The number of aromatic nitrogens is 1. The molecular weight excluding hydrogens is 336 g/mol. The second-order valence-corrected chi connectivity index (χ2v) is 7.02. The van der Waals surface area contributed by atoms with E-state index in [9.17, 15) is 9.59 Å². The van der Waals surface area contributed by atoms with Crippen molar-refractivity contribution in [2.75, 3.05) is 6.54 Å². The van der Waals surface area contributed by atoms with Crippen LogP contribution in [0.25, 0.3) is 10.9 Å². The van der Waals surface area contributed by atoms with Crippen LogP contribution in [0.2, 0.25) is 0 Å². The molecule has 0 aliphatic carbocycles. The van der Waals surface area contributed by atoms with Gasteiger partial charge in [-0.25, -0.2) is 0 Å². The summed E-state index contributed by atoms with van der Waals surface area (Å²) in [4.78, 5) is 28.0. The molecule has 0 saturated carbocycles. The summed E-state index contributed by atoms with van der Waals surface area (Å²) < 4.78 is 0. The van der Waals surface area contributed by atoms with Gasteiger partial charge < -0.3 is 10.3 Å². The van der Waals surface area contributed by atoms with Gasteiger partial charge in [0.2, 0.25) is 5.91 Å². The normalized spacial score (nSPS) is 12.1. The number of nitrogens with one attached hydrogen (secondary N) is 2. The van der Waals surface area contributed by atoms with Gasteiger partial charge in [-0.1, -0.05) is 49.4 Å². The highest BCUT2D eigenvalue weighted by molar-refractivity contribution is 5.85. The standard InChI is InChI=1S/C23H26N2O2/c1-4-19(17-8-6-5-7-9-17)23(27)24-13-12-18-14-20-15(2)10-11-16(3)21(20)25-22(18)26/h5-11,14,19H,4,12-13H2,1-3H3,(H,24,27)(H,25,26)/t19-/m0/s1. The first-order valence-corrected chi connectivity index (χ1v) is 9.46. The second kappa shape index (κ2) is 8.21. The fraction of sp³-hybridized carbons (Fsp3) is 0.304. The van der Waals surface area contributed by atoms with Gasteiger partial charge in [-0.3, -0.25) is 9.59 Å². The zero-order valence-corrected chi connectivity index (χ0v) is 16.1. The van der Waals surface area contributed by atoms with E-state index in [1.165, 1.54) is 0 Å². The lowest BCUT2D eigenvalue weighted by molar-refractivity contribution is -0.122. The number of fused-ring (bicyclic) bond motifs is 1. The molecule has 2 aromatic carbocycles.